The van der Waals surface area contributed by atoms with E-state index in [0.29, 0.717) is 18.8 Å². The van der Waals surface area contributed by atoms with Gasteiger partial charge in [0.25, 0.3) is 0 Å². The molecule has 0 saturated carbocycles. The zero-order valence-corrected chi connectivity index (χ0v) is 15.1. The molecule has 0 amide bonds. The molecular formula is C17H20IN3O. The zero-order chi connectivity index (χ0) is 14.8. The average Bonchev–Trinajstić information content (AvgIpc) is 2.74. The van der Waals surface area contributed by atoms with Gasteiger partial charge in [0, 0.05) is 7.05 Å². The molecule has 1 N–H and O–H groups in total. The van der Waals surface area contributed by atoms with Gasteiger partial charge in [0.2, 0.25) is 5.62 Å². The Kier molecular flexibility index (Phi) is 5.28. The van der Waals surface area contributed by atoms with Crippen LogP contribution in [0.2, 0.25) is 0 Å². The third kappa shape index (κ3) is 3.04. The van der Waals surface area contributed by atoms with Crippen LogP contribution in [0.5, 0.6) is 5.75 Å². The summed E-state index contributed by atoms with van der Waals surface area (Å²) in [5, 5.41) is 8.22. The summed E-state index contributed by atoms with van der Waals surface area (Å²) in [6.45, 7) is 3.25. The minimum atomic E-state index is 0. The van der Waals surface area contributed by atoms with E-state index >= 15 is 0 Å². The van der Waals surface area contributed by atoms with E-state index in [9.17, 15) is 0 Å². The lowest BCUT2D eigenvalue weighted by molar-refractivity contribution is 0.295. The van der Waals surface area contributed by atoms with E-state index in [1.54, 1.807) is 0 Å². The fraction of sp³-hybridized carbons (Fsp3) is 0.235. The molecule has 4 nitrogen and oxygen atoms in total. The first-order chi connectivity index (χ1) is 10.2. The highest BCUT2D eigenvalue weighted by Gasteiger charge is 2.07. The first-order valence-electron chi connectivity index (χ1n) is 7.06. The molecule has 1 aromatic heterocycles. The number of halogens is 1. The van der Waals surface area contributed by atoms with Gasteiger partial charge in [-0.05, 0) is 30.7 Å². The third-order valence-electron chi connectivity index (χ3n) is 3.77. The number of hydrogen-bond donors (Lipinski definition) is 1. The number of nitrogens with zero attached hydrogens (tertiary/aromatic N) is 2. The smallest absolute Gasteiger partial charge is 0.202 e. The highest BCUT2D eigenvalue weighted by molar-refractivity contribution is 14.0. The van der Waals surface area contributed by atoms with Crippen molar-refractivity contribution < 1.29 is 4.74 Å². The van der Waals surface area contributed by atoms with Gasteiger partial charge in [-0.25, -0.2) is 0 Å². The molecule has 0 fully saturated rings. The van der Waals surface area contributed by atoms with E-state index in [4.69, 9.17) is 10.1 Å². The van der Waals surface area contributed by atoms with Crippen LogP contribution in [0.15, 0.2) is 48.5 Å². The molecule has 0 bridgehead atoms. The minimum absolute atomic E-state index is 0. The Hall–Kier alpha value is -1.76. The SMILES string of the molecule is Cc1ccccc1OCCn1c(=N)n(C)c2ccccc21.I. The van der Waals surface area contributed by atoms with Crippen molar-refractivity contribution in [3.63, 3.8) is 0 Å². The highest BCUT2D eigenvalue weighted by atomic mass is 127. The van der Waals surface area contributed by atoms with Crippen LogP contribution in [-0.2, 0) is 13.6 Å². The molecule has 0 aliphatic carbocycles. The molecule has 1 heterocycles. The van der Waals surface area contributed by atoms with Gasteiger partial charge >= 0.3 is 0 Å². The van der Waals surface area contributed by atoms with E-state index in [2.05, 4.69) is 0 Å². The van der Waals surface area contributed by atoms with Gasteiger partial charge in [0.05, 0.1) is 17.6 Å². The van der Waals surface area contributed by atoms with Gasteiger partial charge < -0.3 is 13.9 Å². The van der Waals surface area contributed by atoms with E-state index in [0.717, 1.165) is 22.3 Å². The second kappa shape index (κ2) is 7.00. The van der Waals surface area contributed by atoms with Crippen molar-refractivity contribution in [3.8, 4) is 5.75 Å². The maximum Gasteiger partial charge on any atom is 0.202 e. The Morgan fingerprint density at radius 2 is 1.64 bits per heavy atom. The number of nitrogens with one attached hydrogen (secondary N) is 1. The molecular weight excluding hydrogens is 389 g/mol. The lowest BCUT2D eigenvalue weighted by Gasteiger charge is -2.09. The van der Waals surface area contributed by atoms with Crippen molar-refractivity contribution in [2.75, 3.05) is 6.61 Å². The summed E-state index contributed by atoms with van der Waals surface area (Å²) >= 11 is 0. The van der Waals surface area contributed by atoms with Crippen molar-refractivity contribution in [1.82, 2.24) is 9.13 Å². The standard InChI is InChI=1S/C17H19N3O.HI/c1-13-7-3-6-10-16(13)21-12-11-20-15-9-5-4-8-14(15)19(2)17(20)18;/h3-10,18H,11-12H2,1-2H3;1H. The Labute approximate surface area is 146 Å². The van der Waals surface area contributed by atoms with Crippen molar-refractivity contribution >= 4 is 35.0 Å². The Morgan fingerprint density at radius 1 is 1.00 bits per heavy atom. The molecule has 0 aliphatic rings. The second-order valence-electron chi connectivity index (χ2n) is 5.14. The number of benzene rings is 2. The molecule has 0 atom stereocenters. The number of rotatable bonds is 4. The van der Waals surface area contributed by atoms with Crippen molar-refractivity contribution in [2.45, 2.75) is 13.5 Å². The van der Waals surface area contributed by atoms with Crippen LogP contribution in [0.3, 0.4) is 0 Å². The Bertz CT molecular complexity index is 835. The number of para-hydroxylation sites is 3. The highest BCUT2D eigenvalue weighted by Crippen LogP contribution is 2.16. The molecule has 3 rings (SSSR count). The van der Waals surface area contributed by atoms with Gasteiger partial charge in [-0.1, -0.05) is 30.3 Å². The predicted molar refractivity (Wildman–Crippen MR) is 98.9 cm³/mol. The predicted octanol–water partition coefficient (Wildman–Crippen LogP) is 3.46. The van der Waals surface area contributed by atoms with E-state index < -0.39 is 0 Å². The van der Waals surface area contributed by atoms with Crippen LogP contribution >= 0.6 is 24.0 Å². The van der Waals surface area contributed by atoms with Gasteiger partial charge in [0.15, 0.2) is 0 Å². The summed E-state index contributed by atoms with van der Waals surface area (Å²) < 4.78 is 9.71. The fourth-order valence-corrected chi connectivity index (χ4v) is 2.58. The normalized spacial score (nSPS) is 10.5. The fourth-order valence-electron chi connectivity index (χ4n) is 2.58. The summed E-state index contributed by atoms with van der Waals surface area (Å²) in [5.74, 6) is 0.907. The topological polar surface area (TPSA) is 42.9 Å². The molecule has 0 unspecified atom stereocenters. The number of ether oxygens (including phenoxy) is 1. The van der Waals surface area contributed by atoms with Gasteiger partial charge in [0.1, 0.15) is 12.4 Å². The largest absolute Gasteiger partial charge is 0.491 e. The molecule has 116 valence electrons. The summed E-state index contributed by atoms with van der Waals surface area (Å²) in [4.78, 5) is 0. The average molecular weight is 409 g/mol. The molecule has 0 saturated heterocycles. The summed E-state index contributed by atoms with van der Waals surface area (Å²) in [6.07, 6.45) is 0. The Morgan fingerprint density at radius 3 is 2.36 bits per heavy atom. The molecule has 2 aromatic carbocycles. The minimum Gasteiger partial charge on any atom is -0.491 e. The summed E-state index contributed by atoms with van der Waals surface area (Å²) in [6, 6.07) is 16.1. The lowest BCUT2D eigenvalue weighted by Crippen LogP contribution is -2.24. The third-order valence-corrected chi connectivity index (χ3v) is 3.77. The number of aromatic nitrogens is 2. The van der Waals surface area contributed by atoms with Crippen molar-refractivity contribution in [3.05, 3.63) is 59.7 Å². The maximum absolute atomic E-state index is 8.22. The van der Waals surface area contributed by atoms with Crippen LogP contribution in [0.25, 0.3) is 11.0 Å². The molecule has 0 radical (unpaired) electrons. The quantitative estimate of drug-likeness (QED) is 0.659. The second-order valence-corrected chi connectivity index (χ2v) is 5.14. The van der Waals surface area contributed by atoms with Crippen LogP contribution in [-0.4, -0.2) is 15.7 Å². The number of imidazole rings is 1. The molecule has 3 aromatic rings. The van der Waals surface area contributed by atoms with Gasteiger partial charge in [-0.2, -0.15) is 0 Å². The number of aryl methyl sites for hydroxylation is 2. The van der Waals surface area contributed by atoms with Crippen molar-refractivity contribution in [2.24, 2.45) is 7.05 Å². The first-order valence-corrected chi connectivity index (χ1v) is 7.06. The first kappa shape index (κ1) is 16.6. The zero-order valence-electron chi connectivity index (χ0n) is 12.7. The van der Waals surface area contributed by atoms with Crippen LogP contribution in [0.1, 0.15) is 5.56 Å². The number of fused-ring (bicyclic) bond motifs is 1. The van der Waals surface area contributed by atoms with Crippen LogP contribution < -0.4 is 10.4 Å². The van der Waals surface area contributed by atoms with Gasteiger partial charge in [-0.15, -0.1) is 24.0 Å². The molecule has 0 spiro atoms. The number of hydrogen-bond acceptors (Lipinski definition) is 2. The molecule has 22 heavy (non-hydrogen) atoms. The lowest BCUT2D eigenvalue weighted by atomic mass is 10.2. The van der Waals surface area contributed by atoms with Crippen LogP contribution in [0, 0.1) is 12.3 Å². The van der Waals surface area contributed by atoms with Crippen molar-refractivity contribution in [1.29, 1.82) is 5.41 Å². The molecule has 0 aliphatic heterocycles. The van der Waals surface area contributed by atoms with Gasteiger partial charge in [-0.3, -0.25) is 5.41 Å². The van der Waals surface area contributed by atoms with E-state index in [1.165, 1.54) is 0 Å². The van der Waals surface area contributed by atoms with E-state index in [1.807, 2.05) is 71.6 Å². The maximum atomic E-state index is 8.22. The van der Waals surface area contributed by atoms with E-state index in [-0.39, 0.29) is 24.0 Å². The summed E-state index contributed by atoms with van der Waals surface area (Å²) in [5.41, 5.74) is 3.76. The Balaban J connectivity index is 0.00000176. The van der Waals surface area contributed by atoms with Crippen LogP contribution in [0.4, 0.5) is 0 Å². The molecule has 5 heteroatoms. The summed E-state index contributed by atoms with van der Waals surface area (Å²) in [7, 11) is 1.92. The monoisotopic (exact) mass is 409 g/mol.